The first kappa shape index (κ1) is 32.8. The monoisotopic (exact) mass is 488 g/mol. The summed E-state index contributed by atoms with van der Waals surface area (Å²) in [5, 5.41) is 3.91. The Balaban J connectivity index is 0. The second kappa shape index (κ2) is 15.5. The maximum Gasteiger partial charge on any atom is 0.466 e. The highest BCUT2D eigenvalue weighted by molar-refractivity contribution is 7.45. The van der Waals surface area contributed by atoms with E-state index in [4.69, 9.17) is 19.2 Å². The molecule has 0 aromatic carbocycles. The summed E-state index contributed by atoms with van der Waals surface area (Å²) < 4.78 is 86.4. The highest BCUT2D eigenvalue weighted by atomic mass is 31.2. The summed E-state index contributed by atoms with van der Waals surface area (Å²) in [5.74, 6) is 0. The minimum Gasteiger partial charge on any atom is -0.654 e. The molecule has 31 heavy (non-hydrogen) atoms. The van der Waals surface area contributed by atoms with Crippen molar-refractivity contribution in [2.75, 3.05) is 0 Å². The first-order valence-corrected chi connectivity index (χ1v) is 12.1. The summed E-state index contributed by atoms with van der Waals surface area (Å²) in [6, 6.07) is -0.571. The van der Waals surface area contributed by atoms with Gasteiger partial charge in [-0.25, -0.2) is 4.57 Å². The highest BCUT2D eigenvalue weighted by Gasteiger charge is 2.43. The first-order chi connectivity index (χ1) is 13.9. The Hall–Kier alpha value is -0.350. The van der Waals surface area contributed by atoms with Crippen LogP contribution in [0, 0.1) is 0 Å². The van der Waals surface area contributed by atoms with E-state index < -0.39 is 44.6 Å². The van der Waals surface area contributed by atoms with Crippen molar-refractivity contribution in [3.63, 3.8) is 0 Å². The molecule has 0 amide bonds. The van der Waals surface area contributed by atoms with Gasteiger partial charge < -0.3 is 20.0 Å². The molecule has 0 bridgehead atoms. The van der Waals surface area contributed by atoms with E-state index in [0.717, 1.165) is 25.7 Å². The van der Waals surface area contributed by atoms with Crippen LogP contribution in [0.5, 0.6) is 0 Å². The average Bonchev–Trinajstić information content (AvgIpc) is 2.47. The first-order valence-electron chi connectivity index (χ1n) is 10.5. The van der Waals surface area contributed by atoms with E-state index in [1.165, 1.54) is 33.1 Å². The van der Waals surface area contributed by atoms with Crippen molar-refractivity contribution in [3.8, 4) is 0 Å². The van der Waals surface area contributed by atoms with Gasteiger partial charge >= 0.3 is 20.2 Å². The molecule has 5 nitrogen and oxygen atoms in total. The summed E-state index contributed by atoms with van der Waals surface area (Å²) in [6.45, 7) is 5.19. The largest absolute Gasteiger partial charge is 0.654 e. The van der Waals surface area contributed by atoms with E-state index in [9.17, 15) is 26.3 Å². The molecule has 190 valence electrons. The van der Waals surface area contributed by atoms with Gasteiger partial charge in [0.1, 0.15) is 0 Å². The SMILES string of the molecule is CCCCCCCCCCCC(CC(F)(F)F)(CC(F)(F)F)[N-]C(C)C.O=P(O)(O)O. The summed E-state index contributed by atoms with van der Waals surface area (Å²) in [5.41, 5.74) is -2.09. The fraction of sp³-hybridized carbons (Fsp3) is 1.00. The van der Waals surface area contributed by atoms with E-state index in [1.807, 2.05) is 0 Å². The van der Waals surface area contributed by atoms with Crippen LogP contribution in [0.1, 0.15) is 97.8 Å². The van der Waals surface area contributed by atoms with E-state index in [1.54, 1.807) is 0 Å². The second-order valence-electron chi connectivity index (χ2n) is 8.12. The van der Waals surface area contributed by atoms with Gasteiger partial charge in [-0.05, 0) is 0 Å². The number of halogens is 6. The number of rotatable bonds is 14. The Bertz CT molecular complexity index is 471. The molecule has 0 aromatic heterocycles. The zero-order chi connectivity index (χ0) is 24.8. The lowest BCUT2D eigenvalue weighted by Gasteiger charge is -2.50. The van der Waals surface area contributed by atoms with E-state index in [-0.39, 0.29) is 6.42 Å². The van der Waals surface area contributed by atoms with Crippen LogP contribution in [-0.2, 0) is 4.57 Å². The third kappa shape index (κ3) is 27.6. The summed E-state index contributed by atoms with van der Waals surface area (Å²) >= 11 is 0. The number of unbranched alkanes of at least 4 members (excludes halogenated alkanes) is 8. The molecule has 0 aliphatic carbocycles. The summed E-state index contributed by atoms with van der Waals surface area (Å²) in [6.07, 6.45) is -3.91. The third-order valence-electron chi connectivity index (χ3n) is 4.34. The predicted octanol–water partition coefficient (Wildman–Crippen LogP) is 7.40. The van der Waals surface area contributed by atoms with E-state index in [0.29, 0.717) is 12.8 Å². The van der Waals surface area contributed by atoms with Crippen molar-refractivity contribution in [2.45, 2.75) is 122 Å². The Labute approximate surface area is 181 Å². The Morgan fingerprint density at radius 2 is 1.06 bits per heavy atom. The van der Waals surface area contributed by atoms with Crippen LogP contribution >= 0.6 is 7.82 Å². The van der Waals surface area contributed by atoms with Crippen LogP contribution in [0.4, 0.5) is 26.3 Å². The topological polar surface area (TPSA) is 91.9 Å². The molecule has 0 fully saturated rings. The molecule has 0 aliphatic heterocycles. The zero-order valence-corrected chi connectivity index (χ0v) is 19.4. The molecule has 0 spiro atoms. The fourth-order valence-electron chi connectivity index (χ4n) is 3.45. The molecular formula is C19H37F6NO4P-. The van der Waals surface area contributed by atoms with Crippen LogP contribution in [0.2, 0.25) is 0 Å². The maximum absolute atomic E-state index is 12.9. The lowest BCUT2D eigenvalue weighted by atomic mass is 9.84. The second-order valence-corrected chi connectivity index (χ2v) is 9.15. The van der Waals surface area contributed by atoms with Gasteiger partial charge in [0.25, 0.3) is 0 Å². The molecular weight excluding hydrogens is 451 g/mol. The summed E-state index contributed by atoms with van der Waals surface area (Å²) in [7, 11) is -4.64. The summed E-state index contributed by atoms with van der Waals surface area (Å²) in [4.78, 5) is 21.6. The van der Waals surface area contributed by atoms with Crippen molar-refractivity contribution in [3.05, 3.63) is 5.32 Å². The molecule has 0 aromatic rings. The van der Waals surface area contributed by atoms with Crippen LogP contribution < -0.4 is 0 Å². The van der Waals surface area contributed by atoms with Crippen LogP contribution in [0.3, 0.4) is 0 Å². The quantitative estimate of drug-likeness (QED) is 0.135. The van der Waals surface area contributed by atoms with Gasteiger partial charge in [-0.2, -0.15) is 26.3 Å². The molecule has 0 unspecified atom stereocenters. The molecule has 12 heteroatoms. The Kier molecular flexibility index (Phi) is 16.4. The minimum absolute atomic E-state index is 0.167. The van der Waals surface area contributed by atoms with Gasteiger partial charge in [0, 0.05) is 12.8 Å². The number of phosphoric acid groups is 1. The van der Waals surface area contributed by atoms with Gasteiger partial charge in [-0.3, -0.25) is 0 Å². The lowest BCUT2D eigenvalue weighted by Crippen LogP contribution is -2.40. The molecule has 3 N–H and O–H groups in total. The van der Waals surface area contributed by atoms with E-state index >= 15 is 0 Å². The van der Waals surface area contributed by atoms with E-state index in [2.05, 4.69) is 12.2 Å². The fourth-order valence-corrected chi connectivity index (χ4v) is 3.45. The predicted molar refractivity (Wildman–Crippen MR) is 109 cm³/mol. The Morgan fingerprint density at radius 3 is 1.35 bits per heavy atom. The number of hydrogen-bond acceptors (Lipinski definition) is 1. The molecule has 0 saturated heterocycles. The number of alkyl halides is 6. The van der Waals surface area contributed by atoms with Crippen LogP contribution in [0.25, 0.3) is 5.32 Å². The van der Waals surface area contributed by atoms with Crippen molar-refractivity contribution in [2.24, 2.45) is 0 Å². The molecule has 0 rings (SSSR count). The van der Waals surface area contributed by atoms with Crippen LogP contribution in [0.15, 0.2) is 0 Å². The van der Waals surface area contributed by atoms with Crippen LogP contribution in [-0.4, -0.2) is 38.6 Å². The molecule has 0 heterocycles. The average molecular weight is 488 g/mol. The van der Waals surface area contributed by atoms with Crippen molar-refractivity contribution in [1.82, 2.24) is 0 Å². The maximum atomic E-state index is 12.9. The number of nitrogens with zero attached hydrogens (tertiary/aromatic N) is 1. The standard InChI is InChI=1S/C19H34F6N.H3O4P/c1-4-5-6-7-8-9-10-11-12-13-17(26-16(2)3,14-18(20,21)22)15-19(23,24)25;1-5(2,3)4/h16H,4-15H2,1-3H3;(H3,1,2,3,4)/q-1;. The van der Waals surface area contributed by atoms with Gasteiger partial charge in [0.2, 0.25) is 0 Å². The Morgan fingerprint density at radius 1 is 0.742 bits per heavy atom. The van der Waals surface area contributed by atoms with Gasteiger partial charge in [0.15, 0.2) is 0 Å². The molecule has 0 saturated carbocycles. The smallest absolute Gasteiger partial charge is 0.466 e. The third-order valence-corrected chi connectivity index (χ3v) is 4.34. The van der Waals surface area contributed by atoms with Crippen molar-refractivity contribution in [1.29, 1.82) is 0 Å². The molecule has 0 atom stereocenters. The van der Waals surface area contributed by atoms with Gasteiger partial charge in [-0.1, -0.05) is 85.0 Å². The van der Waals surface area contributed by atoms with Crippen molar-refractivity contribution < 1.29 is 45.6 Å². The van der Waals surface area contributed by atoms with Gasteiger partial charge in [0.05, 0.1) is 0 Å². The minimum atomic E-state index is -4.66. The van der Waals surface area contributed by atoms with Crippen molar-refractivity contribution >= 4 is 7.82 Å². The zero-order valence-electron chi connectivity index (χ0n) is 18.5. The normalized spacial score (nSPS) is 13.3. The number of hydrogen-bond donors (Lipinski definition) is 3. The highest BCUT2D eigenvalue weighted by Crippen LogP contribution is 2.44. The lowest BCUT2D eigenvalue weighted by molar-refractivity contribution is -0.174. The van der Waals surface area contributed by atoms with Gasteiger partial charge in [-0.15, -0.1) is 11.6 Å². The molecule has 0 aliphatic rings. The molecule has 0 radical (unpaired) electrons.